The van der Waals surface area contributed by atoms with Crippen LogP contribution in [-0.4, -0.2) is 18.4 Å². The molecule has 0 amide bonds. The van der Waals surface area contributed by atoms with Gasteiger partial charge >= 0.3 is 0 Å². The molecule has 0 fully saturated rings. The van der Waals surface area contributed by atoms with E-state index in [0.29, 0.717) is 0 Å². The van der Waals surface area contributed by atoms with Crippen molar-refractivity contribution in [2.45, 2.75) is 25.4 Å². The standard InChI is InChI=1S/C8H15N3O/c1-5-2-8(11-10)7(9)3-6(5)4-12/h3-5,7-8,11H,2,9-10H2,1H3/t5-,7?,8?/m1/s1. The summed E-state index contributed by atoms with van der Waals surface area (Å²) in [5, 5.41) is 0. The lowest BCUT2D eigenvalue weighted by Gasteiger charge is -2.29. The lowest BCUT2D eigenvalue weighted by molar-refractivity contribution is -0.105. The van der Waals surface area contributed by atoms with Crippen molar-refractivity contribution in [3.63, 3.8) is 0 Å². The lowest BCUT2D eigenvalue weighted by atomic mass is 9.84. The minimum atomic E-state index is -0.147. The molecule has 0 aromatic rings. The molecule has 68 valence electrons. The van der Waals surface area contributed by atoms with Gasteiger partial charge in [-0.2, -0.15) is 0 Å². The molecule has 2 unspecified atom stereocenters. The predicted octanol–water partition coefficient (Wildman–Crippen LogP) is -0.689. The Hall–Kier alpha value is -0.710. The molecule has 0 saturated heterocycles. The number of carbonyl (C=O) groups excluding carboxylic acids is 1. The van der Waals surface area contributed by atoms with E-state index in [0.717, 1.165) is 18.3 Å². The average molecular weight is 169 g/mol. The first-order valence-corrected chi connectivity index (χ1v) is 4.07. The van der Waals surface area contributed by atoms with Gasteiger partial charge in [-0.1, -0.05) is 13.0 Å². The summed E-state index contributed by atoms with van der Waals surface area (Å²) in [6.07, 6.45) is 3.48. The number of allylic oxidation sites excluding steroid dienone is 1. The molecule has 4 heteroatoms. The highest BCUT2D eigenvalue weighted by Gasteiger charge is 2.25. The summed E-state index contributed by atoms with van der Waals surface area (Å²) in [5.41, 5.74) is 9.17. The number of hydrogen-bond acceptors (Lipinski definition) is 4. The van der Waals surface area contributed by atoms with Gasteiger partial charge < -0.3 is 5.73 Å². The second-order valence-electron chi connectivity index (χ2n) is 3.27. The maximum Gasteiger partial charge on any atom is 0.146 e. The molecule has 0 aromatic carbocycles. The fourth-order valence-electron chi connectivity index (χ4n) is 1.51. The quantitative estimate of drug-likeness (QED) is 0.290. The molecular formula is C8H15N3O. The Morgan fingerprint density at radius 2 is 2.42 bits per heavy atom. The highest BCUT2D eigenvalue weighted by molar-refractivity contribution is 5.74. The Morgan fingerprint density at radius 1 is 1.75 bits per heavy atom. The molecule has 1 rings (SSSR count). The Balaban J connectivity index is 2.75. The van der Waals surface area contributed by atoms with Gasteiger partial charge in [0.05, 0.1) is 0 Å². The number of hydrogen-bond donors (Lipinski definition) is 3. The largest absolute Gasteiger partial charge is 0.323 e. The molecule has 0 heterocycles. The molecule has 5 N–H and O–H groups in total. The molecule has 0 radical (unpaired) electrons. The van der Waals surface area contributed by atoms with E-state index in [1.54, 1.807) is 6.08 Å². The molecule has 4 nitrogen and oxygen atoms in total. The van der Waals surface area contributed by atoms with Gasteiger partial charge in [0.2, 0.25) is 0 Å². The fourth-order valence-corrected chi connectivity index (χ4v) is 1.51. The summed E-state index contributed by atoms with van der Waals surface area (Å²) in [6.45, 7) is 2.00. The molecule has 0 spiro atoms. The smallest absolute Gasteiger partial charge is 0.146 e. The number of rotatable bonds is 2. The molecule has 0 saturated carbocycles. The van der Waals surface area contributed by atoms with Crippen LogP contribution in [0.4, 0.5) is 0 Å². The van der Waals surface area contributed by atoms with Crippen molar-refractivity contribution < 1.29 is 4.79 Å². The highest BCUT2D eigenvalue weighted by atomic mass is 16.1. The Kier molecular flexibility index (Phi) is 2.97. The minimum absolute atomic E-state index is 0.0868. The summed E-state index contributed by atoms with van der Waals surface area (Å²) in [7, 11) is 0. The summed E-state index contributed by atoms with van der Waals surface area (Å²) in [5.74, 6) is 5.55. The van der Waals surface area contributed by atoms with Gasteiger partial charge in [-0.25, -0.2) is 0 Å². The third-order valence-corrected chi connectivity index (χ3v) is 2.38. The monoisotopic (exact) mass is 169 g/mol. The second kappa shape index (κ2) is 3.80. The van der Waals surface area contributed by atoms with Crippen LogP contribution in [0.5, 0.6) is 0 Å². The number of nitrogens with two attached hydrogens (primary N) is 2. The van der Waals surface area contributed by atoms with Crippen LogP contribution in [0.2, 0.25) is 0 Å². The van der Waals surface area contributed by atoms with E-state index in [2.05, 4.69) is 5.43 Å². The van der Waals surface area contributed by atoms with Crippen molar-refractivity contribution in [2.24, 2.45) is 17.5 Å². The van der Waals surface area contributed by atoms with Crippen molar-refractivity contribution in [1.82, 2.24) is 5.43 Å². The van der Waals surface area contributed by atoms with Crippen LogP contribution in [0.1, 0.15) is 13.3 Å². The predicted molar refractivity (Wildman–Crippen MR) is 47.0 cm³/mol. The van der Waals surface area contributed by atoms with E-state index in [1.165, 1.54) is 0 Å². The van der Waals surface area contributed by atoms with Crippen LogP contribution in [-0.2, 0) is 4.79 Å². The topological polar surface area (TPSA) is 81.1 Å². The van der Waals surface area contributed by atoms with Crippen molar-refractivity contribution >= 4 is 6.29 Å². The highest BCUT2D eigenvalue weighted by Crippen LogP contribution is 2.21. The lowest BCUT2D eigenvalue weighted by Crippen LogP contribution is -2.50. The van der Waals surface area contributed by atoms with Gasteiger partial charge in [0, 0.05) is 12.1 Å². The van der Waals surface area contributed by atoms with Crippen LogP contribution in [0.15, 0.2) is 11.6 Å². The normalized spacial score (nSPS) is 35.9. The zero-order valence-electron chi connectivity index (χ0n) is 7.16. The first-order valence-electron chi connectivity index (χ1n) is 4.07. The van der Waals surface area contributed by atoms with Gasteiger partial charge in [0.25, 0.3) is 0 Å². The maximum absolute atomic E-state index is 10.5. The second-order valence-corrected chi connectivity index (χ2v) is 3.27. The van der Waals surface area contributed by atoms with Gasteiger partial charge in [-0.3, -0.25) is 16.1 Å². The maximum atomic E-state index is 10.5. The van der Waals surface area contributed by atoms with E-state index in [-0.39, 0.29) is 18.0 Å². The van der Waals surface area contributed by atoms with Gasteiger partial charge in [-0.05, 0) is 17.9 Å². The van der Waals surface area contributed by atoms with Crippen molar-refractivity contribution in [2.75, 3.05) is 0 Å². The minimum Gasteiger partial charge on any atom is -0.323 e. The molecule has 1 aliphatic carbocycles. The zero-order chi connectivity index (χ0) is 9.14. The van der Waals surface area contributed by atoms with E-state index >= 15 is 0 Å². The average Bonchev–Trinajstić information content (AvgIpc) is 2.08. The Labute approximate surface area is 72.0 Å². The van der Waals surface area contributed by atoms with E-state index in [4.69, 9.17) is 11.6 Å². The molecule has 12 heavy (non-hydrogen) atoms. The fraction of sp³-hybridized carbons (Fsp3) is 0.625. The van der Waals surface area contributed by atoms with E-state index in [9.17, 15) is 4.79 Å². The number of aldehydes is 1. The molecule has 0 aliphatic heterocycles. The number of carbonyl (C=O) groups is 1. The SMILES string of the molecule is C[C@@H]1CC(NN)C(N)C=C1C=O. The van der Waals surface area contributed by atoms with Gasteiger partial charge in [0.1, 0.15) is 6.29 Å². The third-order valence-electron chi connectivity index (χ3n) is 2.38. The van der Waals surface area contributed by atoms with Crippen molar-refractivity contribution in [3.05, 3.63) is 11.6 Å². The van der Waals surface area contributed by atoms with Gasteiger partial charge in [0.15, 0.2) is 0 Å². The molecule has 0 aromatic heterocycles. The van der Waals surface area contributed by atoms with Gasteiger partial charge in [-0.15, -0.1) is 0 Å². The Morgan fingerprint density at radius 3 is 2.92 bits per heavy atom. The van der Waals surface area contributed by atoms with Crippen LogP contribution < -0.4 is 17.0 Å². The van der Waals surface area contributed by atoms with E-state index in [1.807, 2.05) is 6.92 Å². The summed E-state index contributed by atoms with van der Waals surface area (Å²) in [6, 6.07) is -0.0601. The molecular weight excluding hydrogens is 154 g/mol. The van der Waals surface area contributed by atoms with Crippen molar-refractivity contribution in [3.8, 4) is 0 Å². The zero-order valence-corrected chi connectivity index (χ0v) is 7.16. The first kappa shape index (κ1) is 9.38. The molecule has 3 atom stereocenters. The molecule has 1 aliphatic rings. The van der Waals surface area contributed by atoms with E-state index < -0.39 is 0 Å². The summed E-state index contributed by atoms with van der Waals surface area (Å²) < 4.78 is 0. The van der Waals surface area contributed by atoms with Crippen molar-refractivity contribution in [1.29, 1.82) is 0 Å². The van der Waals surface area contributed by atoms with Crippen LogP contribution in [0.25, 0.3) is 0 Å². The number of hydrazine groups is 1. The summed E-state index contributed by atoms with van der Waals surface area (Å²) >= 11 is 0. The van der Waals surface area contributed by atoms with Crippen LogP contribution in [0, 0.1) is 5.92 Å². The molecule has 0 bridgehead atoms. The Bertz CT molecular complexity index is 202. The van der Waals surface area contributed by atoms with Crippen LogP contribution in [0.3, 0.4) is 0 Å². The third kappa shape index (κ3) is 1.72. The summed E-state index contributed by atoms with van der Waals surface area (Å²) in [4.78, 5) is 10.5. The first-order chi connectivity index (χ1) is 5.69. The van der Waals surface area contributed by atoms with Crippen LogP contribution >= 0.6 is 0 Å². The number of nitrogens with one attached hydrogen (secondary N) is 1.